The van der Waals surface area contributed by atoms with E-state index in [4.69, 9.17) is 5.11 Å². The SMILES string of the molecule is Cc1ccc(SCCC(C)(C)O)cc1C(=O)O. The molecule has 0 aliphatic heterocycles. The minimum atomic E-state index is -0.896. The first-order chi connectivity index (χ1) is 7.79. The molecule has 1 aromatic carbocycles. The third kappa shape index (κ3) is 4.79. The van der Waals surface area contributed by atoms with Crippen molar-refractivity contribution in [3.05, 3.63) is 29.3 Å². The summed E-state index contributed by atoms with van der Waals surface area (Å²) < 4.78 is 0. The molecule has 0 aromatic heterocycles. The quantitative estimate of drug-likeness (QED) is 0.793. The van der Waals surface area contributed by atoms with Gasteiger partial charge < -0.3 is 10.2 Å². The Kier molecular flexibility index (Phi) is 4.60. The highest BCUT2D eigenvalue weighted by Gasteiger charge is 2.13. The van der Waals surface area contributed by atoms with Gasteiger partial charge in [0.2, 0.25) is 0 Å². The van der Waals surface area contributed by atoms with Gasteiger partial charge in [-0.1, -0.05) is 6.07 Å². The van der Waals surface area contributed by atoms with Crippen LogP contribution >= 0.6 is 11.8 Å². The lowest BCUT2D eigenvalue weighted by Crippen LogP contribution is -2.19. The normalized spacial score (nSPS) is 11.5. The van der Waals surface area contributed by atoms with Crippen LogP contribution in [0.25, 0.3) is 0 Å². The molecule has 0 heterocycles. The average Bonchev–Trinajstić information content (AvgIpc) is 2.18. The van der Waals surface area contributed by atoms with Crippen molar-refractivity contribution in [2.24, 2.45) is 0 Å². The maximum absolute atomic E-state index is 11.0. The van der Waals surface area contributed by atoms with Crippen LogP contribution in [0.4, 0.5) is 0 Å². The lowest BCUT2D eigenvalue weighted by atomic mass is 10.1. The first-order valence-electron chi connectivity index (χ1n) is 5.49. The molecule has 0 bridgehead atoms. The van der Waals surface area contributed by atoms with E-state index in [-0.39, 0.29) is 0 Å². The van der Waals surface area contributed by atoms with Crippen LogP contribution in [0, 0.1) is 6.92 Å². The summed E-state index contributed by atoms with van der Waals surface area (Å²) in [5.74, 6) is -0.126. The van der Waals surface area contributed by atoms with Gasteiger partial charge in [0.15, 0.2) is 0 Å². The van der Waals surface area contributed by atoms with E-state index in [1.807, 2.05) is 12.1 Å². The molecule has 0 saturated carbocycles. The topological polar surface area (TPSA) is 57.5 Å². The molecular formula is C13H18O3S. The summed E-state index contributed by atoms with van der Waals surface area (Å²) in [4.78, 5) is 11.9. The van der Waals surface area contributed by atoms with E-state index in [0.29, 0.717) is 12.0 Å². The Morgan fingerprint density at radius 2 is 2.06 bits per heavy atom. The number of benzene rings is 1. The Morgan fingerprint density at radius 1 is 1.41 bits per heavy atom. The Labute approximate surface area is 106 Å². The zero-order chi connectivity index (χ0) is 13.1. The molecule has 94 valence electrons. The minimum Gasteiger partial charge on any atom is -0.478 e. The number of carboxylic acids is 1. The third-order valence-electron chi connectivity index (χ3n) is 2.42. The van der Waals surface area contributed by atoms with Crippen LogP contribution in [0.2, 0.25) is 0 Å². The van der Waals surface area contributed by atoms with Crippen LogP contribution in [0.3, 0.4) is 0 Å². The first kappa shape index (κ1) is 14.1. The summed E-state index contributed by atoms with van der Waals surface area (Å²) in [6.45, 7) is 5.32. The highest BCUT2D eigenvalue weighted by Crippen LogP contribution is 2.24. The van der Waals surface area contributed by atoms with Gasteiger partial charge in [-0.2, -0.15) is 0 Å². The first-order valence-corrected chi connectivity index (χ1v) is 6.47. The maximum atomic E-state index is 11.0. The molecule has 1 aromatic rings. The van der Waals surface area contributed by atoms with Crippen molar-refractivity contribution < 1.29 is 15.0 Å². The summed E-state index contributed by atoms with van der Waals surface area (Å²) in [6, 6.07) is 5.42. The van der Waals surface area contributed by atoms with E-state index in [9.17, 15) is 9.90 Å². The minimum absolute atomic E-state index is 0.346. The fourth-order valence-corrected chi connectivity index (χ4v) is 2.54. The molecule has 3 nitrogen and oxygen atoms in total. The molecule has 0 radical (unpaired) electrons. The molecule has 0 unspecified atom stereocenters. The van der Waals surface area contributed by atoms with Crippen LogP contribution in [0.15, 0.2) is 23.1 Å². The number of hydrogen-bond donors (Lipinski definition) is 2. The summed E-state index contributed by atoms with van der Waals surface area (Å²) >= 11 is 1.56. The van der Waals surface area contributed by atoms with Gasteiger partial charge >= 0.3 is 5.97 Å². The van der Waals surface area contributed by atoms with Crippen molar-refractivity contribution in [1.82, 2.24) is 0 Å². The molecule has 0 amide bonds. The van der Waals surface area contributed by atoms with Crippen molar-refractivity contribution in [2.75, 3.05) is 5.75 Å². The van der Waals surface area contributed by atoms with E-state index in [1.54, 1.807) is 38.6 Å². The molecule has 0 aliphatic carbocycles. The van der Waals surface area contributed by atoms with Crippen LogP contribution in [-0.4, -0.2) is 27.5 Å². The fourth-order valence-electron chi connectivity index (χ4n) is 1.34. The third-order valence-corrected chi connectivity index (χ3v) is 3.42. The second-order valence-electron chi connectivity index (χ2n) is 4.69. The van der Waals surface area contributed by atoms with Crippen LogP contribution in [0.5, 0.6) is 0 Å². The Hall–Kier alpha value is -1.00. The smallest absolute Gasteiger partial charge is 0.335 e. The molecule has 1 rings (SSSR count). The monoisotopic (exact) mass is 254 g/mol. The van der Waals surface area contributed by atoms with Crippen LogP contribution in [-0.2, 0) is 0 Å². The Bertz CT molecular complexity index is 408. The zero-order valence-electron chi connectivity index (χ0n) is 10.4. The van der Waals surface area contributed by atoms with Gasteiger partial charge in [0.25, 0.3) is 0 Å². The van der Waals surface area contributed by atoms with Gasteiger partial charge in [0.1, 0.15) is 0 Å². The van der Waals surface area contributed by atoms with E-state index in [0.717, 1.165) is 16.2 Å². The van der Waals surface area contributed by atoms with Crippen molar-refractivity contribution in [2.45, 2.75) is 37.7 Å². The molecule has 0 atom stereocenters. The Morgan fingerprint density at radius 3 is 2.59 bits per heavy atom. The summed E-state index contributed by atoms with van der Waals surface area (Å²) in [6.07, 6.45) is 0.675. The number of aromatic carboxylic acids is 1. The largest absolute Gasteiger partial charge is 0.478 e. The molecule has 17 heavy (non-hydrogen) atoms. The molecule has 2 N–H and O–H groups in total. The second kappa shape index (κ2) is 5.56. The zero-order valence-corrected chi connectivity index (χ0v) is 11.2. The predicted octanol–water partition coefficient (Wildman–Crippen LogP) is 2.95. The van der Waals surface area contributed by atoms with E-state index < -0.39 is 11.6 Å². The summed E-state index contributed by atoms with van der Waals surface area (Å²) in [7, 11) is 0. The number of aryl methyl sites for hydroxylation is 1. The van der Waals surface area contributed by atoms with Crippen molar-refractivity contribution in [3.8, 4) is 0 Å². The van der Waals surface area contributed by atoms with E-state index >= 15 is 0 Å². The Balaban J connectivity index is 2.67. The molecule has 0 aliphatic rings. The molecule has 0 fully saturated rings. The number of aliphatic hydroxyl groups is 1. The number of thioether (sulfide) groups is 1. The molecule has 0 saturated heterocycles. The number of carboxylic acid groups (broad SMARTS) is 1. The van der Waals surface area contributed by atoms with Gasteiger partial charge in [-0.25, -0.2) is 4.79 Å². The standard InChI is InChI=1S/C13H18O3S/c1-9-4-5-10(8-11(9)12(14)15)17-7-6-13(2,3)16/h4-5,8,16H,6-7H2,1-3H3,(H,14,15). The highest BCUT2D eigenvalue weighted by atomic mass is 32.2. The van der Waals surface area contributed by atoms with Crippen molar-refractivity contribution >= 4 is 17.7 Å². The van der Waals surface area contributed by atoms with Crippen molar-refractivity contribution in [1.29, 1.82) is 0 Å². The molecule has 4 heteroatoms. The van der Waals surface area contributed by atoms with Crippen molar-refractivity contribution in [3.63, 3.8) is 0 Å². The van der Waals surface area contributed by atoms with Gasteiger partial charge in [0, 0.05) is 10.6 Å². The summed E-state index contributed by atoms with van der Waals surface area (Å²) in [5, 5.41) is 18.6. The predicted molar refractivity (Wildman–Crippen MR) is 69.8 cm³/mol. The fraction of sp³-hybridized carbons (Fsp3) is 0.462. The van der Waals surface area contributed by atoms with E-state index in [2.05, 4.69) is 0 Å². The lowest BCUT2D eigenvalue weighted by Gasteiger charge is -2.16. The van der Waals surface area contributed by atoms with Crippen LogP contribution < -0.4 is 0 Å². The number of carbonyl (C=O) groups is 1. The van der Waals surface area contributed by atoms with E-state index in [1.165, 1.54) is 0 Å². The number of rotatable bonds is 5. The van der Waals surface area contributed by atoms with Gasteiger partial charge in [-0.15, -0.1) is 11.8 Å². The van der Waals surface area contributed by atoms with Gasteiger partial charge in [-0.05, 0) is 44.9 Å². The average molecular weight is 254 g/mol. The van der Waals surface area contributed by atoms with Crippen LogP contribution in [0.1, 0.15) is 36.2 Å². The summed E-state index contributed by atoms with van der Waals surface area (Å²) in [5.41, 5.74) is 0.440. The number of hydrogen-bond acceptors (Lipinski definition) is 3. The lowest BCUT2D eigenvalue weighted by molar-refractivity contribution is 0.0695. The maximum Gasteiger partial charge on any atom is 0.335 e. The molecule has 0 spiro atoms. The molecular weight excluding hydrogens is 236 g/mol. The van der Waals surface area contributed by atoms with Gasteiger partial charge in [-0.3, -0.25) is 0 Å². The highest BCUT2D eigenvalue weighted by molar-refractivity contribution is 7.99. The van der Waals surface area contributed by atoms with Gasteiger partial charge in [0.05, 0.1) is 11.2 Å². The second-order valence-corrected chi connectivity index (χ2v) is 5.86.